The van der Waals surface area contributed by atoms with Crippen LogP contribution in [-0.4, -0.2) is 0 Å². The SMILES string of the molecule is Cc1ccc(C(Br)C2CCCC2(C)C)c2ccccc12. The second-order valence-electron chi connectivity index (χ2n) is 6.91. The highest BCUT2D eigenvalue weighted by atomic mass is 79.9. The zero-order valence-corrected chi connectivity index (χ0v) is 14.2. The highest BCUT2D eigenvalue weighted by Crippen LogP contribution is 2.52. The summed E-state index contributed by atoms with van der Waals surface area (Å²) in [5, 5.41) is 2.81. The van der Waals surface area contributed by atoms with Gasteiger partial charge in [-0.15, -0.1) is 0 Å². The first-order valence-electron chi connectivity index (χ1n) is 7.63. The van der Waals surface area contributed by atoms with Crippen LogP contribution >= 0.6 is 15.9 Å². The number of alkyl halides is 1. The quantitative estimate of drug-likeness (QED) is 0.558. The molecule has 0 heterocycles. The predicted molar refractivity (Wildman–Crippen MR) is 91.5 cm³/mol. The Bertz CT molecular complexity index is 627. The first-order chi connectivity index (χ1) is 9.50. The standard InChI is InChI=1S/C19H23Br/c1-13-10-11-16(15-8-5-4-7-14(13)15)18(20)17-9-6-12-19(17,2)3/h4-5,7-8,10-11,17-18H,6,9,12H2,1-3H3. The largest absolute Gasteiger partial charge is 0.0835 e. The topological polar surface area (TPSA) is 0 Å². The van der Waals surface area contributed by atoms with Crippen molar-refractivity contribution in [3.05, 3.63) is 47.5 Å². The van der Waals surface area contributed by atoms with Crippen molar-refractivity contribution in [2.75, 3.05) is 0 Å². The fourth-order valence-corrected chi connectivity index (χ4v) is 5.21. The highest BCUT2D eigenvalue weighted by molar-refractivity contribution is 9.09. The molecule has 1 fully saturated rings. The Hall–Kier alpha value is -0.820. The van der Waals surface area contributed by atoms with Gasteiger partial charge in [-0.25, -0.2) is 0 Å². The Morgan fingerprint density at radius 2 is 1.80 bits per heavy atom. The van der Waals surface area contributed by atoms with E-state index in [1.807, 2.05) is 0 Å². The lowest BCUT2D eigenvalue weighted by molar-refractivity contribution is 0.257. The summed E-state index contributed by atoms with van der Waals surface area (Å²) in [5.74, 6) is 0.730. The molecule has 1 saturated carbocycles. The van der Waals surface area contributed by atoms with Gasteiger partial charge in [-0.1, -0.05) is 72.6 Å². The van der Waals surface area contributed by atoms with Crippen molar-refractivity contribution in [1.29, 1.82) is 0 Å². The molecule has 0 radical (unpaired) electrons. The van der Waals surface area contributed by atoms with Gasteiger partial charge in [0.2, 0.25) is 0 Å². The van der Waals surface area contributed by atoms with E-state index in [1.165, 1.54) is 41.2 Å². The molecule has 0 spiro atoms. The number of halogens is 1. The maximum absolute atomic E-state index is 4.03. The summed E-state index contributed by atoms with van der Waals surface area (Å²) < 4.78 is 0. The van der Waals surface area contributed by atoms with Gasteiger partial charge >= 0.3 is 0 Å². The van der Waals surface area contributed by atoms with Crippen molar-refractivity contribution in [3.63, 3.8) is 0 Å². The van der Waals surface area contributed by atoms with E-state index >= 15 is 0 Å². The van der Waals surface area contributed by atoms with Crippen molar-refractivity contribution < 1.29 is 0 Å². The lowest BCUT2D eigenvalue weighted by Gasteiger charge is -2.32. The van der Waals surface area contributed by atoms with E-state index in [0.29, 0.717) is 10.2 Å². The molecule has 20 heavy (non-hydrogen) atoms. The average Bonchev–Trinajstić information content (AvgIpc) is 2.78. The third kappa shape index (κ3) is 2.30. The summed E-state index contributed by atoms with van der Waals surface area (Å²) >= 11 is 4.03. The molecule has 1 heteroatoms. The number of hydrogen-bond donors (Lipinski definition) is 0. The van der Waals surface area contributed by atoms with Crippen molar-refractivity contribution in [1.82, 2.24) is 0 Å². The molecule has 0 nitrogen and oxygen atoms in total. The van der Waals surface area contributed by atoms with Gasteiger partial charge in [0.25, 0.3) is 0 Å². The van der Waals surface area contributed by atoms with Crippen LogP contribution in [0.2, 0.25) is 0 Å². The smallest absolute Gasteiger partial charge is 0.0434 e. The van der Waals surface area contributed by atoms with E-state index in [2.05, 4.69) is 73.1 Å². The minimum atomic E-state index is 0.445. The summed E-state index contributed by atoms with van der Waals surface area (Å²) in [6.07, 6.45) is 4.05. The molecule has 2 atom stereocenters. The Labute approximate surface area is 130 Å². The molecule has 0 bridgehead atoms. The molecule has 0 saturated heterocycles. The molecule has 3 rings (SSSR count). The molecular formula is C19H23Br. The van der Waals surface area contributed by atoms with E-state index < -0.39 is 0 Å². The van der Waals surface area contributed by atoms with Gasteiger partial charge < -0.3 is 0 Å². The Kier molecular flexibility index (Phi) is 3.66. The van der Waals surface area contributed by atoms with Crippen LogP contribution in [0.25, 0.3) is 10.8 Å². The Morgan fingerprint density at radius 3 is 2.45 bits per heavy atom. The van der Waals surface area contributed by atoms with E-state index in [1.54, 1.807) is 0 Å². The van der Waals surface area contributed by atoms with Crippen LogP contribution in [0.1, 0.15) is 49.1 Å². The second-order valence-corrected chi connectivity index (χ2v) is 7.89. The van der Waals surface area contributed by atoms with Gasteiger partial charge in [0, 0.05) is 4.83 Å². The summed E-state index contributed by atoms with van der Waals surface area (Å²) in [6.45, 7) is 7.06. The molecule has 0 N–H and O–H groups in total. The average molecular weight is 331 g/mol. The minimum Gasteiger partial charge on any atom is -0.0835 e. The molecule has 2 unspecified atom stereocenters. The summed E-state index contributed by atoms with van der Waals surface area (Å²) in [7, 11) is 0. The Morgan fingerprint density at radius 1 is 1.10 bits per heavy atom. The molecule has 2 aromatic carbocycles. The first kappa shape index (κ1) is 14.1. The monoisotopic (exact) mass is 330 g/mol. The van der Waals surface area contributed by atoms with Crippen LogP contribution in [0.4, 0.5) is 0 Å². The molecule has 0 aromatic heterocycles. The zero-order valence-electron chi connectivity index (χ0n) is 12.6. The summed E-state index contributed by atoms with van der Waals surface area (Å²) in [5.41, 5.74) is 3.28. The molecule has 0 amide bonds. The fraction of sp³-hybridized carbons (Fsp3) is 0.474. The molecule has 0 aliphatic heterocycles. The van der Waals surface area contributed by atoms with Crippen LogP contribution in [0.5, 0.6) is 0 Å². The predicted octanol–water partition coefficient (Wildman–Crippen LogP) is 6.41. The molecule has 1 aliphatic carbocycles. The summed E-state index contributed by atoms with van der Waals surface area (Å²) in [6, 6.07) is 13.4. The number of rotatable bonds is 2. The number of hydrogen-bond acceptors (Lipinski definition) is 0. The molecular weight excluding hydrogens is 308 g/mol. The lowest BCUT2D eigenvalue weighted by atomic mass is 9.77. The number of benzene rings is 2. The maximum Gasteiger partial charge on any atom is 0.0434 e. The molecule has 2 aromatic rings. The molecule has 106 valence electrons. The fourth-order valence-electron chi connectivity index (χ4n) is 3.83. The van der Waals surface area contributed by atoms with E-state index in [9.17, 15) is 0 Å². The van der Waals surface area contributed by atoms with Gasteiger partial charge in [-0.05, 0) is 53.0 Å². The number of fused-ring (bicyclic) bond motifs is 1. The second kappa shape index (κ2) is 5.18. The maximum atomic E-state index is 4.03. The van der Waals surface area contributed by atoms with Crippen LogP contribution in [-0.2, 0) is 0 Å². The Balaban J connectivity index is 2.08. The van der Waals surface area contributed by atoms with Gasteiger partial charge in [0.15, 0.2) is 0 Å². The van der Waals surface area contributed by atoms with Crippen molar-refractivity contribution >= 4 is 26.7 Å². The lowest BCUT2D eigenvalue weighted by Crippen LogP contribution is -2.21. The third-order valence-electron chi connectivity index (χ3n) is 5.17. The van der Waals surface area contributed by atoms with Crippen LogP contribution < -0.4 is 0 Å². The van der Waals surface area contributed by atoms with E-state index in [0.717, 1.165) is 5.92 Å². The van der Waals surface area contributed by atoms with Crippen LogP contribution in [0.3, 0.4) is 0 Å². The van der Waals surface area contributed by atoms with E-state index in [-0.39, 0.29) is 0 Å². The first-order valence-corrected chi connectivity index (χ1v) is 8.54. The van der Waals surface area contributed by atoms with Gasteiger partial charge in [-0.2, -0.15) is 0 Å². The van der Waals surface area contributed by atoms with Gasteiger partial charge in [0.1, 0.15) is 0 Å². The van der Waals surface area contributed by atoms with Gasteiger partial charge in [-0.3, -0.25) is 0 Å². The van der Waals surface area contributed by atoms with Gasteiger partial charge in [0.05, 0.1) is 0 Å². The van der Waals surface area contributed by atoms with Crippen molar-refractivity contribution in [2.45, 2.75) is 44.9 Å². The van der Waals surface area contributed by atoms with Crippen LogP contribution in [0.15, 0.2) is 36.4 Å². The number of aryl methyl sites for hydroxylation is 1. The van der Waals surface area contributed by atoms with Crippen molar-refractivity contribution in [3.8, 4) is 0 Å². The third-order valence-corrected chi connectivity index (χ3v) is 6.30. The van der Waals surface area contributed by atoms with Crippen LogP contribution in [0, 0.1) is 18.3 Å². The minimum absolute atomic E-state index is 0.445. The highest BCUT2D eigenvalue weighted by Gasteiger charge is 2.39. The summed E-state index contributed by atoms with van der Waals surface area (Å²) in [4.78, 5) is 0.463. The normalized spacial score (nSPS) is 23.1. The zero-order chi connectivity index (χ0) is 14.3. The van der Waals surface area contributed by atoms with E-state index in [4.69, 9.17) is 0 Å². The molecule has 1 aliphatic rings. The van der Waals surface area contributed by atoms with Crippen molar-refractivity contribution in [2.24, 2.45) is 11.3 Å².